The third-order valence-corrected chi connectivity index (χ3v) is 7.04. The molecule has 2 aliphatic rings. The maximum atomic E-state index is 13.6. The van der Waals surface area contributed by atoms with Crippen molar-refractivity contribution in [1.82, 2.24) is 24.6 Å². The van der Waals surface area contributed by atoms with E-state index in [1.807, 2.05) is 0 Å². The third-order valence-electron chi connectivity index (χ3n) is 7.04. The quantitative estimate of drug-likeness (QED) is 0.438. The Hall–Kier alpha value is -4.29. The molecule has 1 saturated heterocycles. The second-order valence-electron chi connectivity index (χ2n) is 9.57. The van der Waals surface area contributed by atoms with Crippen LogP contribution in [0.3, 0.4) is 0 Å². The van der Waals surface area contributed by atoms with E-state index >= 15 is 0 Å². The van der Waals surface area contributed by atoms with Crippen molar-refractivity contribution in [2.45, 2.75) is 44.1 Å². The van der Waals surface area contributed by atoms with Crippen LogP contribution in [0, 0.1) is 5.82 Å². The first-order valence-corrected chi connectivity index (χ1v) is 12.0. The van der Waals surface area contributed by atoms with E-state index in [0.29, 0.717) is 33.2 Å². The van der Waals surface area contributed by atoms with Crippen LogP contribution in [-0.4, -0.2) is 61.2 Å². The van der Waals surface area contributed by atoms with Crippen LogP contribution in [0.2, 0.25) is 0 Å². The second-order valence-corrected chi connectivity index (χ2v) is 9.57. The lowest BCUT2D eigenvalue weighted by atomic mass is 9.94. The van der Waals surface area contributed by atoms with Crippen molar-refractivity contribution < 1.29 is 36.7 Å². The van der Waals surface area contributed by atoms with Crippen molar-refractivity contribution in [3.63, 3.8) is 0 Å². The van der Waals surface area contributed by atoms with Crippen LogP contribution in [0.15, 0.2) is 48.8 Å². The molecular weight excluding hydrogens is 522 g/mol. The van der Waals surface area contributed by atoms with Crippen LogP contribution in [0.4, 0.5) is 22.4 Å². The Bertz CT molecular complexity index is 1460. The molecule has 13 heteroatoms. The summed E-state index contributed by atoms with van der Waals surface area (Å²) >= 11 is 0. The molecule has 2 atom stereocenters. The molecular formula is C26H23F4N5O4. The summed E-state index contributed by atoms with van der Waals surface area (Å²) in [6.07, 6.45) is -3.84. The van der Waals surface area contributed by atoms with Crippen LogP contribution in [-0.2, 0) is 39.9 Å². The summed E-state index contributed by atoms with van der Waals surface area (Å²) in [6.45, 7) is -0.643. The van der Waals surface area contributed by atoms with Crippen molar-refractivity contribution in [3.05, 3.63) is 71.3 Å². The van der Waals surface area contributed by atoms with Gasteiger partial charge in [-0.15, -0.1) is 0 Å². The van der Waals surface area contributed by atoms with Gasteiger partial charge in [0, 0.05) is 31.1 Å². The number of benzene rings is 2. The predicted molar refractivity (Wildman–Crippen MR) is 127 cm³/mol. The summed E-state index contributed by atoms with van der Waals surface area (Å²) in [4.78, 5) is 44.7. The molecule has 0 unspecified atom stereocenters. The Balaban J connectivity index is 1.39. The molecule has 2 heterocycles. The van der Waals surface area contributed by atoms with Crippen LogP contribution < -0.4 is 0 Å². The summed E-state index contributed by atoms with van der Waals surface area (Å²) in [7, 11) is 1.72. The van der Waals surface area contributed by atoms with Gasteiger partial charge in [-0.25, -0.2) is 19.1 Å². The molecule has 0 saturated carbocycles. The van der Waals surface area contributed by atoms with E-state index in [2.05, 4.69) is 10.1 Å². The lowest BCUT2D eigenvalue weighted by Crippen LogP contribution is -2.51. The summed E-state index contributed by atoms with van der Waals surface area (Å²) in [5, 5.41) is 4.25. The Morgan fingerprint density at radius 1 is 1.18 bits per heavy atom. The number of carbonyl (C=O) groups excluding carboxylic acids is 3. The van der Waals surface area contributed by atoms with Crippen molar-refractivity contribution in [3.8, 4) is 11.4 Å². The van der Waals surface area contributed by atoms with Crippen LogP contribution in [0.5, 0.6) is 0 Å². The summed E-state index contributed by atoms with van der Waals surface area (Å²) in [6, 6.07) is 7.53. The van der Waals surface area contributed by atoms with E-state index in [0.717, 1.165) is 24.6 Å². The van der Waals surface area contributed by atoms with Crippen molar-refractivity contribution in [2.24, 2.45) is 7.05 Å². The summed E-state index contributed by atoms with van der Waals surface area (Å²) in [5.74, 6) is -2.04. The first-order chi connectivity index (χ1) is 18.4. The monoisotopic (exact) mass is 545 g/mol. The molecule has 1 aromatic heterocycles. The number of nitrogens with zero attached hydrogens (tertiary/aromatic N) is 5. The van der Waals surface area contributed by atoms with Crippen LogP contribution in [0.25, 0.3) is 11.4 Å². The Morgan fingerprint density at radius 3 is 2.54 bits per heavy atom. The number of aromatic nitrogens is 3. The minimum absolute atomic E-state index is 0.120. The van der Waals surface area contributed by atoms with E-state index in [1.165, 1.54) is 12.1 Å². The predicted octanol–water partition coefficient (Wildman–Crippen LogP) is 3.72. The number of halogens is 4. The van der Waals surface area contributed by atoms with E-state index in [-0.39, 0.29) is 12.0 Å². The Morgan fingerprint density at radius 2 is 1.90 bits per heavy atom. The average Bonchev–Trinajstić information content (AvgIpc) is 3.55. The molecule has 2 aromatic carbocycles. The van der Waals surface area contributed by atoms with Gasteiger partial charge in [-0.3, -0.25) is 14.3 Å². The molecule has 0 N–H and O–H groups in total. The van der Waals surface area contributed by atoms with Gasteiger partial charge in [-0.05, 0) is 42.7 Å². The van der Waals surface area contributed by atoms with Gasteiger partial charge in [0.15, 0.2) is 5.82 Å². The van der Waals surface area contributed by atoms with Gasteiger partial charge in [-0.2, -0.15) is 18.3 Å². The zero-order valence-corrected chi connectivity index (χ0v) is 20.9. The van der Waals surface area contributed by atoms with Crippen molar-refractivity contribution in [2.75, 3.05) is 6.54 Å². The molecule has 0 bridgehead atoms. The number of imide groups is 1. The van der Waals surface area contributed by atoms with Gasteiger partial charge in [0.25, 0.3) is 5.91 Å². The second kappa shape index (κ2) is 9.47. The molecule has 9 nitrogen and oxygen atoms in total. The number of rotatable bonds is 6. The number of hydrogen-bond acceptors (Lipinski definition) is 6. The zero-order chi connectivity index (χ0) is 28.1. The number of aryl methyl sites for hydroxylation is 2. The SMILES string of the molecule is C[C@H](N(Cc1ccc(F)cc1)C(=O)CN1C(=O)O[C@@]2(CCc3cc(-c4ncn(C)n4)ccc32)C1=O)C(F)(F)F. The topological polar surface area (TPSA) is 97.6 Å². The fraction of sp³-hybridized carbons (Fsp3) is 0.346. The van der Waals surface area contributed by atoms with Gasteiger partial charge in [0.2, 0.25) is 11.5 Å². The fourth-order valence-electron chi connectivity index (χ4n) is 4.89. The number of amides is 3. The smallest absolute Gasteiger partial charge is 0.418 e. The number of fused-ring (bicyclic) bond motifs is 2. The lowest BCUT2D eigenvalue weighted by molar-refractivity contribution is -0.187. The maximum absolute atomic E-state index is 13.6. The highest BCUT2D eigenvalue weighted by Crippen LogP contribution is 2.46. The van der Waals surface area contributed by atoms with Crippen molar-refractivity contribution in [1.29, 1.82) is 0 Å². The molecule has 1 spiro atoms. The molecule has 3 aromatic rings. The summed E-state index contributed by atoms with van der Waals surface area (Å²) < 4.78 is 61.2. The number of ether oxygens (including phenoxy) is 1. The highest BCUT2D eigenvalue weighted by molar-refractivity contribution is 6.06. The van der Waals surface area contributed by atoms with Gasteiger partial charge in [0.1, 0.15) is 24.7 Å². The molecule has 1 aliphatic carbocycles. The van der Waals surface area contributed by atoms with Gasteiger partial charge in [0.05, 0.1) is 0 Å². The van der Waals surface area contributed by atoms with E-state index < -0.39 is 54.6 Å². The molecule has 0 radical (unpaired) electrons. The third kappa shape index (κ3) is 4.72. The standard InChI is InChI=1S/C26H23F4N5O4/c1-15(26(28,29)30)34(12-16-3-6-19(27)7-4-16)21(36)13-35-23(37)25(39-24(35)38)10-9-17-11-18(5-8-20(17)25)22-31-14-33(2)32-22/h3-8,11,14-15H,9-10,12-13H2,1-2H3/t15-,25+/m0/s1. The first kappa shape index (κ1) is 26.3. The molecule has 39 heavy (non-hydrogen) atoms. The van der Waals surface area contributed by atoms with Crippen molar-refractivity contribution >= 4 is 17.9 Å². The van der Waals surface area contributed by atoms with E-state index in [4.69, 9.17) is 4.74 Å². The molecule has 204 valence electrons. The molecule has 1 aliphatic heterocycles. The molecule has 1 fully saturated rings. The maximum Gasteiger partial charge on any atom is 0.418 e. The number of hydrogen-bond donors (Lipinski definition) is 0. The lowest BCUT2D eigenvalue weighted by Gasteiger charge is -2.31. The van der Waals surface area contributed by atoms with Gasteiger partial charge < -0.3 is 9.64 Å². The van der Waals surface area contributed by atoms with Gasteiger partial charge >= 0.3 is 12.3 Å². The highest BCUT2D eigenvalue weighted by atomic mass is 19.4. The summed E-state index contributed by atoms with van der Waals surface area (Å²) in [5.41, 5.74) is 0.462. The highest BCUT2D eigenvalue weighted by Gasteiger charge is 2.58. The molecule has 3 amide bonds. The molecule has 5 rings (SSSR count). The Labute approximate surface area is 220 Å². The van der Waals surface area contributed by atoms with E-state index in [1.54, 1.807) is 36.3 Å². The van der Waals surface area contributed by atoms with Crippen LogP contribution in [0.1, 0.15) is 30.0 Å². The normalized spacial score (nSPS) is 19.4. The minimum atomic E-state index is -4.78. The van der Waals surface area contributed by atoms with E-state index in [9.17, 15) is 31.9 Å². The number of alkyl halides is 3. The Kier molecular flexibility index (Phi) is 6.39. The fourth-order valence-corrected chi connectivity index (χ4v) is 4.89. The number of carbonyl (C=O) groups is 3. The largest absolute Gasteiger partial charge is 0.427 e. The zero-order valence-electron chi connectivity index (χ0n) is 20.9. The van der Waals surface area contributed by atoms with Crippen LogP contribution >= 0.6 is 0 Å². The first-order valence-electron chi connectivity index (χ1n) is 12.0. The average molecular weight is 545 g/mol. The van der Waals surface area contributed by atoms with Gasteiger partial charge in [-0.1, -0.05) is 24.3 Å². The minimum Gasteiger partial charge on any atom is -0.427 e.